The summed E-state index contributed by atoms with van der Waals surface area (Å²) in [6.07, 6.45) is -1.02. The maximum absolute atomic E-state index is 15.1. The van der Waals surface area contributed by atoms with E-state index in [2.05, 4.69) is 0 Å². The largest absolute Gasteiger partial charge is 0.398 e. The number of amides is 1. The molecule has 166 valence electrons. The van der Waals surface area contributed by atoms with E-state index in [4.69, 9.17) is 34.3 Å². The summed E-state index contributed by atoms with van der Waals surface area (Å²) in [5, 5.41) is 18.5. The van der Waals surface area contributed by atoms with Gasteiger partial charge in [-0.25, -0.2) is 8.78 Å². The average Bonchev–Trinajstić information content (AvgIpc) is 2.74. The van der Waals surface area contributed by atoms with E-state index in [1.54, 1.807) is 29.2 Å². The van der Waals surface area contributed by atoms with Crippen LogP contribution in [0, 0.1) is 11.3 Å². The van der Waals surface area contributed by atoms with Gasteiger partial charge in [-0.3, -0.25) is 4.79 Å². The van der Waals surface area contributed by atoms with Gasteiger partial charge in [0.15, 0.2) is 0 Å². The van der Waals surface area contributed by atoms with E-state index in [9.17, 15) is 9.90 Å². The lowest BCUT2D eigenvalue weighted by Crippen LogP contribution is -2.46. The second-order valence-electron chi connectivity index (χ2n) is 7.68. The highest BCUT2D eigenvalue weighted by atomic mass is 35.5. The van der Waals surface area contributed by atoms with E-state index in [0.717, 1.165) is 11.8 Å². The first-order chi connectivity index (χ1) is 14.6. The number of alkyl halides is 2. The molecule has 0 saturated carbocycles. The van der Waals surface area contributed by atoms with Crippen molar-refractivity contribution in [3.63, 3.8) is 0 Å². The van der Waals surface area contributed by atoms with E-state index < -0.39 is 17.9 Å². The minimum absolute atomic E-state index is 0.0449. The third-order valence-electron chi connectivity index (χ3n) is 5.66. The number of rotatable bonds is 6. The van der Waals surface area contributed by atoms with Gasteiger partial charge in [0.05, 0.1) is 6.42 Å². The number of nitrogens with one attached hydrogen (secondary N) is 1. The van der Waals surface area contributed by atoms with Crippen molar-refractivity contribution in [2.75, 3.05) is 18.8 Å². The number of nitrogens with zero attached hydrogens (tertiary/aromatic N) is 1. The summed E-state index contributed by atoms with van der Waals surface area (Å²) in [6.45, 7) is 0.340. The van der Waals surface area contributed by atoms with Gasteiger partial charge in [-0.1, -0.05) is 35.3 Å². The van der Waals surface area contributed by atoms with Gasteiger partial charge in [-0.2, -0.15) is 0 Å². The van der Waals surface area contributed by atoms with Gasteiger partial charge >= 0.3 is 0 Å². The Balaban J connectivity index is 1.67. The summed E-state index contributed by atoms with van der Waals surface area (Å²) in [5.74, 6) is -4.75. The molecule has 9 heteroatoms. The Morgan fingerprint density at radius 3 is 2.55 bits per heavy atom. The Labute approximate surface area is 189 Å². The zero-order valence-corrected chi connectivity index (χ0v) is 18.1. The Morgan fingerprint density at radius 1 is 1.26 bits per heavy atom. The topological polar surface area (TPSA) is 90.4 Å². The third kappa shape index (κ3) is 5.17. The number of aliphatic hydroxyl groups excluding tert-OH is 1. The van der Waals surface area contributed by atoms with Crippen molar-refractivity contribution in [2.24, 2.45) is 5.92 Å². The summed E-state index contributed by atoms with van der Waals surface area (Å²) in [5.41, 5.74) is 6.50. The maximum Gasteiger partial charge on any atom is 0.280 e. The molecule has 1 heterocycles. The van der Waals surface area contributed by atoms with Crippen LogP contribution in [0.4, 0.5) is 14.5 Å². The molecule has 5 nitrogen and oxygen atoms in total. The molecular formula is C22H23Cl2F2N3O2. The smallest absolute Gasteiger partial charge is 0.280 e. The minimum atomic E-state index is -3.47. The van der Waals surface area contributed by atoms with Crippen LogP contribution in [0.1, 0.15) is 35.6 Å². The number of aliphatic hydroxyl groups is 1. The Morgan fingerprint density at radius 2 is 1.94 bits per heavy atom. The SMILES string of the molecule is N=Cc1cc(Cl)cc(C(O)C(F)(F)C2CCN(C(=O)Cc3cccc(Cl)c3)CC2)c1N. The van der Waals surface area contributed by atoms with Gasteiger partial charge in [0.25, 0.3) is 5.92 Å². The van der Waals surface area contributed by atoms with Crippen molar-refractivity contribution in [3.8, 4) is 0 Å². The van der Waals surface area contributed by atoms with Crippen LogP contribution in [0.25, 0.3) is 0 Å². The third-order valence-corrected chi connectivity index (χ3v) is 6.11. The Hall–Kier alpha value is -2.22. The zero-order chi connectivity index (χ0) is 22.8. The van der Waals surface area contributed by atoms with Crippen LogP contribution >= 0.6 is 23.2 Å². The van der Waals surface area contributed by atoms with E-state index in [1.807, 2.05) is 0 Å². The van der Waals surface area contributed by atoms with E-state index in [-0.39, 0.29) is 60.1 Å². The number of benzene rings is 2. The van der Waals surface area contributed by atoms with Gasteiger partial charge in [-0.05, 0) is 42.7 Å². The lowest BCUT2D eigenvalue weighted by atomic mass is 9.84. The first-order valence-electron chi connectivity index (χ1n) is 9.81. The highest BCUT2D eigenvalue weighted by molar-refractivity contribution is 6.31. The van der Waals surface area contributed by atoms with Crippen molar-refractivity contribution < 1.29 is 18.7 Å². The average molecular weight is 470 g/mol. The van der Waals surface area contributed by atoms with Gasteiger partial charge in [0.1, 0.15) is 6.10 Å². The van der Waals surface area contributed by atoms with Gasteiger partial charge in [0.2, 0.25) is 5.91 Å². The molecule has 3 rings (SSSR count). The highest BCUT2D eigenvalue weighted by Gasteiger charge is 2.48. The molecule has 1 unspecified atom stereocenters. The molecule has 1 saturated heterocycles. The fraction of sp³-hybridized carbons (Fsp3) is 0.364. The number of nitrogen functional groups attached to an aromatic ring is 1. The lowest BCUT2D eigenvalue weighted by Gasteiger charge is -2.38. The van der Waals surface area contributed by atoms with Crippen LogP contribution in [0.5, 0.6) is 0 Å². The molecule has 2 aromatic rings. The second-order valence-corrected chi connectivity index (χ2v) is 8.55. The van der Waals surface area contributed by atoms with Crippen molar-refractivity contribution in [1.82, 2.24) is 4.90 Å². The number of hydrogen-bond donors (Lipinski definition) is 3. The first-order valence-corrected chi connectivity index (χ1v) is 10.6. The number of anilines is 1. The molecule has 0 radical (unpaired) electrons. The van der Waals surface area contributed by atoms with Crippen LogP contribution in [0.15, 0.2) is 36.4 Å². The van der Waals surface area contributed by atoms with Crippen molar-refractivity contribution in [3.05, 3.63) is 63.1 Å². The number of nitrogens with two attached hydrogens (primary N) is 1. The van der Waals surface area contributed by atoms with E-state index in [1.165, 1.54) is 12.1 Å². The molecule has 2 aromatic carbocycles. The molecule has 1 aliphatic rings. The molecule has 1 amide bonds. The monoisotopic (exact) mass is 469 g/mol. The normalized spacial score (nSPS) is 16.2. The molecule has 1 aliphatic heterocycles. The van der Waals surface area contributed by atoms with Crippen LogP contribution < -0.4 is 5.73 Å². The van der Waals surface area contributed by atoms with Crippen LogP contribution in [0.3, 0.4) is 0 Å². The molecule has 0 spiro atoms. The quantitative estimate of drug-likeness (QED) is 0.422. The second kappa shape index (κ2) is 9.51. The molecular weight excluding hydrogens is 447 g/mol. The standard InChI is InChI=1S/C22H23Cl2F2N3O2/c23-16-3-1-2-13(8-16)9-19(30)29-6-4-15(5-7-29)22(25,26)21(31)18-11-17(24)10-14(12-27)20(18)28/h1-3,8,10-12,15,21,27,31H,4-7,9,28H2. The summed E-state index contributed by atoms with van der Waals surface area (Å²) >= 11 is 11.9. The summed E-state index contributed by atoms with van der Waals surface area (Å²) in [7, 11) is 0. The molecule has 1 fully saturated rings. The van der Waals surface area contributed by atoms with E-state index in [0.29, 0.717) is 5.02 Å². The Kier molecular flexibility index (Phi) is 7.19. The lowest BCUT2D eigenvalue weighted by molar-refractivity contribution is -0.164. The van der Waals surface area contributed by atoms with Crippen molar-refractivity contribution >= 4 is 41.0 Å². The number of carbonyl (C=O) groups is 1. The predicted molar refractivity (Wildman–Crippen MR) is 118 cm³/mol. The molecule has 0 aromatic heterocycles. The molecule has 31 heavy (non-hydrogen) atoms. The van der Waals surface area contributed by atoms with Crippen molar-refractivity contribution in [2.45, 2.75) is 31.3 Å². The van der Waals surface area contributed by atoms with Gasteiger partial charge in [-0.15, -0.1) is 0 Å². The number of piperidine rings is 1. The Bertz CT molecular complexity index is 979. The molecule has 0 bridgehead atoms. The van der Waals surface area contributed by atoms with Crippen LogP contribution in [-0.2, 0) is 11.2 Å². The summed E-state index contributed by atoms with van der Waals surface area (Å²) < 4.78 is 30.3. The predicted octanol–water partition coefficient (Wildman–Crippen LogP) is 4.72. The van der Waals surface area contributed by atoms with Crippen molar-refractivity contribution in [1.29, 1.82) is 5.41 Å². The fourth-order valence-electron chi connectivity index (χ4n) is 3.88. The highest BCUT2D eigenvalue weighted by Crippen LogP contribution is 2.44. The molecule has 1 atom stereocenters. The fourth-order valence-corrected chi connectivity index (χ4v) is 4.33. The number of likely N-dealkylation sites (tertiary alicyclic amines) is 1. The number of carbonyl (C=O) groups excluding carboxylic acids is 1. The van der Waals surface area contributed by atoms with Crippen LogP contribution in [0.2, 0.25) is 10.0 Å². The van der Waals surface area contributed by atoms with Crippen LogP contribution in [-0.4, -0.2) is 41.1 Å². The molecule has 0 aliphatic carbocycles. The molecule has 4 N–H and O–H groups in total. The summed E-state index contributed by atoms with van der Waals surface area (Å²) in [6, 6.07) is 9.54. The van der Waals surface area contributed by atoms with Gasteiger partial charge < -0.3 is 21.1 Å². The summed E-state index contributed by atoms with van der Waals surface area (Å²) in [4.78, 5) is 14.1. The maximum atomic E-state index is 15.1. The number of hydrogen-bond acceptors (Lipinski definition) is 4. The first kappa shape index (κ1) is 23.4. The zero-order valence-electron chi connectivity index (χ0n) is 16.6. The van der Waals surface area contributed by atoms with E-state index >= 15 is 8.78 Å². The van der Waals surface area contributed by atoms with Gasteiger partial charge in [0, 0.05) is 52.1 Å². The number of halogens is 4. The minimum Gasteiger partial charge on any atom is -0.398 e.